The minimum atomic E-state index is -0.153. The molecule has 1 atom stereocenters. The molecule has 1 aliphatic heterocycles. The second-order valence-corrected chi connectivity index (χ2v) is 5.56. The average Bonchev–Trinajstić information content (AvgIpc) is 2.90. The maximum absolute atomic E-state index is 12.6. The molecule has 0 amide bonds. The lowest BCUT2D eigenvalue weighted by molar-refractivity contribution is 0.0965. The molecule has 0 saturated carbocycles. The van der Waals surface area contributed by atoms with Crippen LogP contribution in [0.1, 0.15) is 22.8 Å². The van der Waals surface area contributed by atoms with E-state index < -0.39 is 0 Å². The van der Waals surface area contributed by atoms with Gasteiger partial charge in [0, 0.05) is 22.8 Å². The maximum atomic E-state index is 12.6. The van der Waals surface area contributed by atoms with Gasteiger partial charge in [-0.2, -0.15) is 0 Å². The predicted molar refractivity (Wildman–Crippen MR) is 82.7 cm³/mol. The Morgan fingerprint density at radius 2 is 1.85 bits per heavy atom. The molecule has 0 bridgehead atoms. The number of fused-ring (bicyclic) bond motifs is 1. The molecule has 0 radical (unpaired) electrons. The summed E-state index contributed by atoms with van der Waals surface area (Å²) < 4.78 is 0. The highest BCUT2D eigenvalue weighted by molar-refractivity contribution is 6.30. The molecule has 20 heavy (non-hydrogen) atoms. The van der Waals surface area contributed by atoms with Gasteiger partial charge in [-0.15, -0.1) is 0 Å². The molecule has 3 rings (SSSR count). The maximum Gasteiger partial charge on any atom is 0.184 e. The minimum absolute atomic E-state index is 0.137. The van der Waals surface area contributed by atoms with Crippen LogP contribution in [0.3, 0.4) is 0 Å². The largest absolute Gasteiger partial charge is 0.361 e. The minimum Gasteiger partial charge on any atom is -0.361 e. The topological polar surface area (TPSA) is 20.3 Å². The van der Waals surface area contributed by atoms with E-state index in [2.05, 4.69) is 17.0 Å². The number of rotatable bonds is 3. The molecule has 0 spiro atoms. The Balaban J connectivity index is 1.85. The van der Waals surface area contributed by atoms with Crippen molar-refractivity contribution < 1.29 is 4.79 Å². The van der Waals surface area contributed by atoms with Gasteiger partial charge in [-0.3, -0.25) is 4.79 Å². The van der Waals surface area contributed by atoms with E-state index in [9.17, 15) is 4.79 Å². The number of para-hydroxylation sites is 1. The van der Waals surface area contributed by atoms with Gasteiger partial charge >= 0.3 is 0 Å². The number of carbonyl (C=O) groups excluding carboxylic acids is 1. The Kier molecular flexibility index (Phi) is 3.49. The number of anilines is 1. The first-order chi connectivity index (χ1) is 9.66. The molecule has 2 aromatic rings. The lowest BCUT2D eigenvalue weighted by Crippen LogP contribution is -2.37. The summed E-state index contributed by atoms with van der Waals surface area (Å²) in [5.41, 5.74) is 3.22. The lowest BCUT2D eigenvalue weighted by atomic mass is 10.0. The van der Waals surface area contributed by atoms with Crippen molar-refractivity contribution in [2.24, 2.45) is 0 Å². The van der Waals surface area contributed by atoms with E-state index in [-0.39, 0.29) is 11.8 Å². The van der Waals surface area contributed by atoms with Crippen LogP contribution in [0.15, 0.2) is 48.5 Å². The standard InChI is InChI=1S/C17H16ClNO/c1-12(17(20)14-6-8-15(18)9-7-14)19-11-10-13-4-2-3-5-16(13)19/h2-9,12H,10-11H2,1H3. The van der Waals surface area contributed by atoms with Gasteiger partial charge in [0.1, 0.15) is 0 Å². The van der Waals surface area contributed by atoms with Crippen LogP contribution in [0.25, 0.3) is 0 Å². The Hall–Kier alpha value is -1.80. The Morgan fingerprint density at radius 1 is 1.15 bits per heavy atom. The number of benzene rings is 2. The molecule has 0 aromatic heterocycles. The Bertz CT molecular complexity index is 636. The molecule has 1 aliphatic rings. The molecular formula is C17H16ClNO. The zero-order valence-corrected chi connectivity index (χ0v) is 12.1. The fourth-order valence-electron chi connectivity index (χ4n) is 2.76. The summed E-state index contributed by atoms with van der Waals surface area (Å²) in [5.74, 6) is 0.137. The molecule has 0 N–H and O–H groups in total. The number of hydrogen-bond donors (Lipinski definition) is 0. The van der Waals surface area contributed by atoms with Gasteiger partial charge in [-0.05, 0) is 49.2 Å². The van der Waals surface area contributed by atoms with Crippen LogP contribution in [-0.4, -0.2) is 18.4 Å². The van der Waals surface area contributed by atoms with E-state index in [1.165, 1.54) is 11.3 Å². The van der Waals surface area contributed by atoms with Crippen LogP contribution in [-0.2, 0) is 6.42 Å². The number of nitrogens with zero attached hydrogens (tertiary/aromatic N) is 1. The fraction of sp³-hybridized carbons (Fsp3) is 0.235. The highest BCUT2D eigenvalue weighted by Gasteiger charge is 2.27. The zero-order chi connectivity index (χ0) is 14.1. The Morgan fingerprint density at radius 3 is 2.60 bits per heavy atom. The van der Waals surface area contributed by atoms with E-state index >= 15 is 0 Å². The molecule has 2 aromatic carbocycles. The van der Waals surface area contributed by atoms with Crippen molar-refractivity contribution in [3.63, 3.8) is 0 Å². The number of hydrogen-bond acceptors (Lipinski definition) is 2. The smallest absolute Gasteiger partial charge is 0.184 e. The van der Waals surface area contributed by atoms with E-state index in [0.29, 0.717) is 10.6 Å². The summed E-state index contributed by atoms with van der Waals surface area (Å²) in [7, 11) is 0. The third-order valence-corrected chi connectivity index (χ3v) is 4.15. The highest BCUT2D eigenvalue weighted by Crippen LogP contribution is 2.30. The van der Waals surface area contributed by atoms with E-state index in [1.807, 2.05) is 19.1 Å². The van der Waals surface area contributed by atoms with E-state index in [0.717, 1.165) is 13.0 Å². The molecular weight excluding hydrogens is 270 g/mol. The number of Topliss-reactive ketones (excluding diaryl/α,β-unsaturated/α-hetero) is 1. The molecule has 3 heteroatoms. The third kappa shape index (κ3) is 2.32. The van der Waals surface area contributed by atoms with Gasteiger partial charge in [0.15, 0.2) is 5.78 Å². The summed E-state index contributed by atoms with van der Waals surface area (Å²) in [5, 5.41) is 0.653. The van der Waals surface area contributed by atoms with Crippen LogP contribution in [0, 0.1) is 0 Å². The monoisotopic (exact) mass is 285 g/mol. The summed E-state index contributed by atoms with van der Waals surface area (Å²) in [6.45, 7) is 2.87. The quantitative estimate of drug-likeness (QED) is 0.795. The Labute approximate surface area is 124 Å². The summed E-state index contributed by atoms with van der Waals surface area (Å²) >= 11 is 5.87. The van der Waals surface area contributed by atoms with Crippen molar-refractivity contribution in [3.05, 3.63) is 64.7 Å². The molecule has 0 saturated heterocycles. The van der Waals surface area contributed by atoms with Crippen molar-refractivity contribution in [1.29, 1.82) is 0 Å². The number of carbonyl (C=O) groups is 1. The van der Waals surface area contributed by atoms with Gasteiger partial charge in [-0.25, -0.2) is 0 Å². The van der Waals surface area contributed by atoms with Crippen LogP contribution >= 0.6 is 11.6 Å². The summed E-state index contributed by atoms with van der Waals surface area (Å²) in [6, 6.07) is 15.3. The molecule has 102 valence electrons. The molecule has 0 aliphatic carbocycles. The predicted octanol–water partition coefficient (Wildman–Crippen LogP) is 3.97. The fourth-order valence-corrected chi connectivity index (χ4v) is 2.89. The molecule has 2 nitrogen and oxygen atoms in total. The van der Waals surface area contributed by atoms with Crippen LogP contribution < -0.4 is 4.90 Å². The number of ketones is 1. The highest BCUT2D eigenvalue weighted by atomic mass is 35.5. The normalized spacial score (nSPS) is 15.0. The van der Waals surface area contributed by atoms with Gasteiger partial charge < -0.3 is 4.90 Å². The molecule has 1 unspecified atom stereocenters. The summed E-state index contributed by atoms with van der Waals surface area (Å²) in [6.07, 6.45) is 1.01. The zero-order valence-electron chi connectivity index (χ0n) is 11.3. The van der Waals surface area contributed by atoms with E-state index in [4.69, 9.17) is 11.6 Å². The molecule has 0 fully saturated rings. The van der Waals surface area contributed by atoms with Gasteiger partial charge in [0.25, 0.3) is 0 Å². The second-order valence-electron chi connectivity index (χ2n) is 5.12. The number of halogens is 1. The SMILES string of the molecule is CC(C(=O)c1ccc(Cl)cc1)N1CCc2ccccc21. The van der Waals surface area contributed by atoms with Crippen molar-refractivity contribution in [2.45, 2.75) is 19.4 Å². The average molecular weight is 286 g/mol. The van der Waals surface area contributed by atoms with Gasteiger partial charge in [0.05, 0.1) is 6.04 Å². The second kappa shape index (κ2) is 5.29. The lowest BCUT2D eigenvalue weighted by Gasteiger charge is -2.26. The van der Waals surface area contributed by atoms with Crippen molar-refractivity contribution in [1.82, 2.24) is 0 Å². The third-order valence-electron chi connectivity index (χ3n) is 3.90. The van der Waals surface area contributed by atoms with Gasteiger partial charge in [0.2, 0.25) is 0 Å². The summed E-state index contributed by atoms with van der Waals surface area (Å²) in [4.78, 5) is 14.8. The van der Waals surface area contributed by atoms with Gasteiger partial charge in [-0.1, -0.05) is 29.8 Å². The van der Waals surface area contributed by atoms with Crippen molar-refractivity contribution >= 4 is 23.1 Å². The first-order valence-electron chi connectivity index (χ1n) is 6.81. The van der Waals surface area contributed by atoms with E-state index in [1.54, 1.807) is 24.3 Å². The molecule has 1 heterocycles. The first kappa shape index (κ1) is 13.2. The van der Waals surface area contributed by atoms with Crippen molar-refractivity contribution in [3.8, 4) is 0 Å². The first-order valence-corrected chi connectivity index (χ1v) is 7.19. The van der Waals surface area contributed by atoms with Crippen LogP contribution in [0.5, 0.6) is 0 Å². The van der Waals surface area contributed by atoms with Crippen LogP contribution in [0.2, 0.25) is 5.02 Å². The van der Waals surface area contributed by atoms with Crippen LogP contribution in [0.4, 0.5) is 5.69 Å². The van der Waals surface area contributed by atoms with Crippen molar-refractivity contribution in [2.75, 3.05) is 11.4 Å².